The van der Waals surface area contributed by atoms with E-state index >= 15 is 0 Å². The van der Waals surface area contributed by atoms with Gasteiger partial charge in [-0.2, -0.15) is 4.98 Å². The second-order valence-electron chi connectivity index (χ2n) is 4.64. The van der Waals surface area contributed by atoms with Gasteiger partial charge in [-0.05, 0) is 31.4 Å². The van der Waals surface area contributed by atoms with Gasteiger partial charge in [-0.25, -0.2) is 0 Å². The Bertz CT molecular complexity index is 565. The molecule has 0 unspecified atom stereocenters. The lowest BCUT2D eigenvalue weighted by atomic mass is 10.00. The highest BCUT2D eigenvalue weighted by atomic mass is 35.5. The average Bonchev–Trinajstić information content (AvgIpc) is 2.86. The fraction of sp³-hybridized carbons (Fsp3) is 0.357. The summed E-state index contributed by atoms with van der Waals surface area (Å²) in [7, 11) is 0. The van der Waals surface area contributed by atoms with Crippen molar-refractivity contribution in [1.29, 1.82) is 0 Å². The van der Waals surface area contributed by atoms with Crippen LogP contribution in [0.25, 0.3) is 0 Å². The van der Waals surface area contributed by atoms with Gasteiger partial charge >= 0.3 is 6.01 Å². The van der Waals surface area contributed by atoms with Crippen molar-refractivity contribution in [1.82, 2.24) is 4.98 Å². The van der Waals surface area contributed by atoms with E-state index in [1.165, 1.54) is 16.8 Å². The van der Waals surface area contributed by atoms with Crippen LogP contribution in [0.3, 0.4) is 0 Å². The molecule has 0 aliphatic carbocycles. The molecular weight excluding hydrogens is 248 g/mol. The van der Waals surface area contributed by atoms with Gasteiger partial charge in [0, 0.05) is 12.2 Å². The number of aromatic nitrogens is 1. The Morgan fingerprint density at radius 1 is 1.44 bits per heavy atom. The Hall–Kier alpha value is -1.48. The van der Waals surface area contributed by atoms with Crippen LogP contribution in [0.15, 0.2) is 28.9 Å². The van der Waals surface area contributed by atoms with E-state index in [0.717, 1.165) is 25.1 Å². The van der Waals surface area contributed by atoms with Gasteiger partial charge in [0.15, 0.2) is 0 Å². The van der Waals surface area contributed by atoms with Gasteiger partial charge in [-0.3, -0.25) is 4.90 Å². The van der Waals surface area contributed by atoms with Gasteiger partial charge in [0.2, 0.25) is 0 Å². The van der Waals surface area contributed by atoms with Crippen molar-refractivity contribution >= 4 is 23.3 Å². The topological polar surface area (TPSA) is 29.3 Å². The first kappa shape index (κ1) is 11.6. The quantitative estimate of drug-likeness (QED) is 0.771. The van der Waals surface area contributed by atoms with E-state index in [-0.39, 0.29) is 0 Å². The molecule has 1 aromatic carbocycles. The highest BCUT2D eigenvalue weighted by Gasteiger charge is 2.21. The normalized spacial score (nSPS) is 14.7. The van der Waals surface area contributed by atoms with Crippen molar-refractivity contribution in [3.63, 3.8) is 0 Å². The minimum atomic E-state index is 0.387. The highest BCUT2D eigenvalue weighted by Crippen LogP contribution is 2.33. The fourth-order valence-corrected chi connectivity index (χ4v) is 2.53. The number of hydrogen-bond donors (Lipinski definition) is 0. The van der Waals surface area contributed by atoms with Crippen molar-refractivity contribution in [3.05, 3.63) is 41.3 Å². The molecular formula is C14H15ClN2O. The molecule has 0 amide bonds. The Morgan fingerprint density at radius 2 is 2.33 bits per heavy atom. The van der Waals surface area contributed by atoms with Crippen LogP contribution in [-0.2, 0) is 12.3 Å². The summed E-state index contributed by atoms with van der Waals surface area (Å²) >= 11 is 5.76. The maximum atomic E-state index is 5.76. The molecule has 0 saturated carbocycles. The second kappa shape index (κ2) is 4.65. The molecule has 1 aromatic heterocycles. The second-order valence-corrected chi connectivity index (χ2v) is 4.91. The molecule has 1 aliphatic heterocycles. The number of aryl methyl sites for hydroxylation is 2. The summed E-state index contributed by atoms with van der Waals surface area (Å²) < 4.78 is 5.51. The molecule has 4 heteroatoms. The van der Waals surface area contributed by atoms with E-state index in [1.807, 2.05) is 0 Å². The third-order valence-corrected chi connectivity index (χ3v) is 3.53. The van der Waals surface area contributed by atoms with E-state index < -0.39 is 0 Å². The molecule has 0 N–H and O–H groups in total. The fourth-order valence-electron chi connectivity index (χ4n) is 2.41. The molecule has 0 saturated heterocycles. The van der Waals surface area contributed by atoms with Crippen LogP contribution < -0.4 is 4.90 Å². The molecule has 2 heterocycles. The first-order valence-electron chi connectivity index (χ1n) is 6.15. The largest absolute Gasteiger partial charge is 0.431 e. The third-order valence-electron chi connectivity index (χ3n) is 3.26. The lowest BCUT2D eigenvalue weighted by Crippen LogP contribution is -2.24. The Balaban J connectivity index is 2.00. The zero-order valence-electron chi connectivity index (χ0n) is 10.3. The van der Waals surface area contributed by atoms with Crippen LogP contribution in [0, 0.1) is 6.92 Å². The lowest BCUT2D eigenvalue weighted by molar-refractivity contribution is 0.544. The van der Waals surface area contributed by atoms with E-state index in [2.05, 4.69) is 35.0 Å². The van der Waals surface area contributed by atoms with Gasteiger partial charge in [-0.1, -0.05) is 17.7 Å². The molecule has 0 spiro atoms. The average molecular weight is 263 g/mol. The van der Waals surface area contributed by atoms with E-state index in [9.17, 15) is 0 Å². The summed E-state index contributed by atoms with van der Waals surface area (Å²) in [5.74, 6) is 0.387. The number of fused-ring (bicyclic) bond motifs is 1. The Morgan fingerprint density at radius 3 is 3.11 bits per heavy atom. The number of oxazole rings is 1. The Labute approximate surface area is 111 Å². The SMILES string of the molecule is Cc1ccc2c(c1)CCCN2c1nc(CCl)co1. The number of anilines is 2. The minimum absolute atomic E-state index is 0.387. The van der Waals surface area contributed by atoms with Gasteiger partial charge in [0.1, 0.15) is 6.26 Å². The van der Waals surface area contributed by atoms with Crippen LogP contribution >= 0.6 is 11.6 Å². The van der Waals surface area contributed by atoms with Gasteiger partial charge < -0.3 is 4.42 Å². The number of nitrogens with zero attached hydrogens (tertiary/aromatic N) is 2. The van der Waals surface area contributed by atoms with Crippen LogP contribution in [0.2, 0.25) is 0 Å². The smallest absolute Gasteiger partial charge is 0.302 e. The zero-order valence-corrected chi connectivity index (χ0v) is 11.1. The summed E-state index contributed by atoms with van der Waals surface area (Å²) in [6.07, 6.45) is 3.87. The standard InChI is InChI=1S/C14H15ClN2O/c1-10-4-5-13-11(7-10)3-2-6-17(13)14-16-12(8-15)9-18-14/h4-5,7,9H,2-3,6,8H2,1H3. The van der Waals surface area contributed by atoms with Crippen LogP contribution in [0.1, 0.15) is 23.2 Å². The molecule has 94 valence electrons. The van der Waals surface area contributed by atoms with Gasteiger partial charge in [0.05, 0.1) is 11.6 Å². The highest BCUT2D eigenvalue weighted by molar-refractivity contribution is 6.16. The predicted octanol–water partition coefficient (Wildman–Crippen LogP) is 3.81. The molecule has 3 nitrogen and oxygen atoms in total. The van der Waals surface area contributed by atoms with Crippen molar-refractivity contribution in [2.75, 3.05) is 11.4 Å². The summed E-state index contributed by atoms with van der Waals surface area (Å²) in [4.78, 5) is 6.53. The maximum absolute atomic E-state index is 5.76. The minimum Gasteiger partial charge on any atom is -0.431 e. The molecule has 0 fully saturated rings. The zero-order chi connectivity index (χ0) is 12.5. The van der Waals surface area contributed by atoms with Gasteiger partial charge in [0.25, 0.3) is 0 Å². The van der Waals surface area contributed by atoms with Crippen LogP contribution in [0.4, 0.5) is 11.7 Å². The molecule has 0 bridgehead atoms. The molecule has 18 heavy (non-hydrogen) atoms. The van der Waals surface area contributed by atoms with Crippen molar-refractivity contribution in [2.24, 2.45) is 0 Å². The predicted molar refractivity (Wildman–Crippen MR) is 72.6 cm³/mol. The van der Waals surface area contributed by atoms with Crippen molar-refractivity contribution in [3.8, 4) is 0 Å². The lowest BCUT2D eigenvalue weighted by Gasteiger charge is -2.28. The molecule has 2 aromatic rings. The number of halogens is 1. The first-order chi connectivity index (χ1) is 8.78. The molecule has 0 atom stereocenters. The summed E-state index contributed by atoms with van der Waals surface area (Å²) in [5.41, 5.74) is 4.65. The first-order valence-corrected chi connectivity index (χ1v) is 6.69. The van der Waals surface area contributed by atoms with Gasteiger partial charge in [-0.15, -0.1) is 11.6 Å². The molecule has 1 aliphatic rings. The monoisotopic (exact) mass is 262 g/mol. The van der Waals surface area contributed by atoms with Crippen LogP contribution in [0.5, 0.6) is 0 Å². The molecule has 0 radical (unpaired) electrons. The van der Waals surface area contributed by atoms with Crippen LogP contribution in [-0.4, -0.2) is 11.5 Å². The molecule has 3 rings (SSSR count). The third kappa shape index (κ3) is 1.99. The number of benzene rings is 1. The van der Waals surface area contributed by atoms with E-state index in [0.29, 0.717) is 11.9 Å². The summed E-state index contributed by atoms with van der Waals surface area (Å²) in [6, 6.07) is 7.17. The van der Waals surface area contributed by atoms with Crippen molar-refractivity contribution in [2.45, 2.75) is 25.6 Å². The van der Waals surface area contributed by atoms with E-state index in [1.54, 1.807) is 6.26 Å². The summed E-state index contributed by atoms with van der Waals surface area (Å²) in [5, 5.41) is 0. The number of hydrogen-bond acceptors (Lipinski definition) is 3. The Kier molecular flexibility index (Phi) is 3.00. The number of alkyl halides is 1. The summed E-state index contributed by atoms with van der Waals surface area (Å²) in [6.45, 7) is 3.06. The number of rotatable bonds is 2. The van der Waals surface area contributed by atoms with Crippen molar-refractivity contribution < 1.29 is 4.42 Å². The van der Waals surface area contributed by atoms with E-state index in [4.69, 9.17) is 16.0 Å². The maximum Gasteiger partial charge on any atom is 0.302 e.